The monoisotopic (exact) mass is 261 g/mol. The molecule has 0 amide bonds. The number of benzene rings is 1. The molecule has 2 unspecified atom stereocenters. The van der Waals surface area contributed by atoms with E-state index in [1.807, 2.05) is 0 Å². The highest BCUT2D eigenvalue weighted by atomic mass is 19.1. The zero-order chi connectivity index (χ0) is 13.9. The number of nitro groups is 1. The number of halogens is 2. The molecule has 0 saturated carbocycles. The van der Waals surface area contributed by atoms with Gasteiger partial charge in [0.05, 0.1) is 23.2 Å². The Morgan fingerprint density at radius 1 is 1.50 bits per heavy atom. The minimum Gasteiger partial charge on any atom is -0.392 e. The number of aliphatic hydroxyl groups is 1. The first-order valence-corrected chi connectivity index (χ1v) is 5.14. The van der Waals surface area contributed by atoms with Crippen LogP contribution in [0, 0.1) is 21.7 Å². The first-order valence-electron chi connectivity index (χ1n) is 5.14. The summed E-state index contributed by atoms with van der Waals surface area (Å²) in [5.41, 5.74) is 4.30. The summed E-state index contributed by atoms with van der Waals surface area (Å²) in [5.74, 6) is -2.17. The van der Waals surface area contributed by atoms with Gasteiger partial charge in [-0.2, -0.15) is 0 Å². The standard InChI is InChI=1S/C10H13F2N3O3/c1-5(16)9(13)4-14-10-7(11)2-6(15(17)18)3-8(10)12/h2-3,5,9,14,16H,4,13H2,1H3. The van der Waals surface area contributed by atoms with Gasteiger partial charge >= 0.3 is 0 Å². The number of anilines is 1. The highest BCUT2D eigenvalue weighted by Gasteiger charge is 2.18. The Balaban J connectivity index is 2.87. The lowest BCUT2D eigenvalue weighted by atomic mass is 10.2. The molecule has 0 bridgehead atoms. The van der Waals surface area contributed by atoms with Crippen LogP contribution in [-0.2, 0) is 0 Å². The van der Waals surface area contributed by atoms with E-state index in [-0.39, 0.29) is 6.54 Å². The van der Waals surface area contributed by atoms with E-state index in [0.717, 1.165) is 0 Å². The molecule has 100 valence electrons. The summed E-state index contributed by atoms with van der Waals surface area (Å²) >= 11 is 0. The van der Waals surface area contributed by atoms with Crippen molar-refractivity contribution in [1.29, 1.82) is 0 Å². The van der Waals surface area contributed by atoms with Gasteiger partial charge in [0.15, 0.2) is 11.6 Å². The Morgan fingerprint density at radius 2 is 2.00 bits per heavy atom. The Labute approximate surface area is 102 Å². The summed E-state index contributed by atoms with van der Waals surface area (Å²) in [6.45, 7) is 1.37. The molecule has 4 N–H and O–H groups in total. The minimum atomic E-state index is -1.08. The third-order valence-electron chi connectivity index (χ3n) is 2.37. The van der Waals surface area contributed by atoms with E-state index in [2.05, 4.69) is 5.32 Å². The number of nitrogens with two attached hydrogens (primary N) is 1. The van der Waals surface area contributed by atoms with Gasteiger partial charge in [-0.05, 0) is 6.92 Å². The zero-order valence-electron chi connectivity index (χ0n) is 9.56. The van der Waals surface area contributed by atoms with Crippen LogP contribution in [-0.4, -0.2) is 28.7 Å². The summed E-state index contributed by atoms with van der Waals surface area (Å²) in [7, 11) is 0. The fourth-order valence-corrected chi connectivity index (χ4v) is 1.22. The molecular formula is C10H13F2N3O3. The van der Waals surface area contributed by atoms with E-state index in [1.165, 1.54) is 6.92 Å². The van der Waals surface area contributed by atoms with E-state index in [4.69, 9.17) is 10.8 Å². The quantitative estimate of drug-likeness (QED) is 0.542. The molecule has 1 rings (SSSR count). The molecule has 1 aromatic rings. The molecule has 0 aliphatic heterocycles. The molecular weight excluding hydrogens is 248 g/mol. The molecule has 2 atom stereocenters. The first kappa shape index (κ1) is 14.3. The molecule has 0 aliphatic carbocycles. The van der Waals surface area contributed by atoms with Crippen LogP contribution in [0.1, 0.15) is 6.92 Å². The first-order chi connectivity index (χ1) is 8.32. The van der Waals surface area contributed by atoms with Crippen LogP contribution >= 0.6 is 0 Å². The number of hydrogen-bond donors (Lipinski definition) is 3. The molecule has 0 spiro atoms. The Hall–Kier alpha value is -1.80. The van der Waals surface area contributed by atoms with Crippen molar-refractivity contribution in [3.05, 3.63) is 33.9 Å². The van der Waals surface area contributed by atoms with Crippen LogP contribution in [0.15, 0.2) is 12.1 Å². The molecule has 0 aromatic heterocycles. The van der Waals surface area contributed by atoms with Crippen molar-refractivity contribution in [1.82, 2.24) is 0 Å². The second kappa shape index (κ2) is 5.69. The third kappa shape index (κ3) is 3.34. The topological polar surface area (TPSA) is 101 Å². The van der Waals surface area contributed by atoms with Crippen LogP contribution in [0.4, 0.5) is 20.2 Å². The van der Waals surface area contributed by atoms with Crippen molar-refractivity contribution in [2.24, 2.45) is 5.73 Å². The van der Waals surface area contributed by atoms with Crippen LogP contribution in [0.2, 0.25) is 0 Å². The number of rotatable bonds is 5. The zero-order valence-corrected chi connectivity index (χ0v) is 9.56. The van der Waals surface area contributed by atoms with Crippen molar-refractivity contribution in [2.45, 2.75) is 19.1 Å². The molecule has 0 aliphatic rings. The summed E-state index contributed by atoms with van der Waals surface area (Å²) in [4.78, 5) is 9.48. The average molecular weight is 261 g/mol. The summed E-state index contributed by atoms with van der Waals surface area (Å²) < 4.78 is 26.8. The Kier molecular flexibility index (Phi) is 4.51. The fourth-order valence-electron chi connectivity index (χ4n) is 1.22. The summed E-state index contributed by atoms with van der Waals surface area (Å²) in [6, 6.07) is 0.512. The predicted molar refractivity (Wildman–Crippen MR) is 61.2 cm³/mol. The molecule has 0 fully saturated rings. The minimum absolute atomic E-state index is 0.0662. The van der Waals surface area contributed by atoms with E-state index >= 15 is 0 Å². The van der Waals surface area contributed by atoms with Crippen molar-refractivity contribution in [3.63, 3.8) is 0 Å². The molecule has 0 saturated heterocycles. The SMILES string of the molecule is CC(O)C(N)CNc1c(F)cc([N+](=O)[O-])cc1F. The normalized spacial score (nSPS) is 14.1. The van der Waals surface area contributed by atoms with Crippen molar-refractivity contribution < 1.29 is 18.8 Å². The average Bonchev–Trinajstić information content (AvgIpc) is 2.26. The lowest BCUT2D eigenvalue weighted by molar-refractivity contribution is -0.385. The number of non-ortho nitro benzene ring substituents is 1. The van der Waals surface area contributed by atoms with Gasteiger partial charge < -0.3 is 16.2 Å². The highest BCUT2D eigenvalue weighted by molar-refractivity contribution is 5.51. The number of nitrogens with zero attached hydrogens (tertiary/aromatic N) is 1. The van der Waals surface area contributed by atoms with Gasteiger partial charge in [0.1, 0.15) is 5.69 Å². The van der Waals surface area contributed by atoms with Crippen molar-refractivity contribution >= 4 is 11.4 Å². The van der Waals surface area contributed by atoms with Gasteiger partial charge in [0.25, 0.3) is 5.69 Å². The Morgan fingerprint density at radius 3 is 2.39 bits per heavy atom. The lowest BCUT2D eigenvalue weighted by Crippen LogP contribution is -2.39. The van der Waals surface area contributed by atoms with Crippen LogP contribution in [0.25, 0.3) is 0 Å². The Bertz CT molecular complexity index is 431. The maximum absolute atomic E-state index is 13.4. The summed E-state index contributed by atoms with van der Waals surface area (Å²) in [5, 5.41) is 21.9. The largest absolute Gasteiger partial charge is 0.392 e. The third-order valence-corrected chi connectivity index (χ3v) is 2.37. The van der Waals surface area contributed by atoms with Gasteiger partial charge in [-0.25, -0.2) is 8.78 Å². The number of hydrogen-bond acceptors (Lipinski definition) is 5. The lowest BCUT2D eigenvalue weighted by Gasteiger charge is -2.16. The van der Waals surface area contributed by atoms with Gasteiger partial charge in [-0.1, -0.05) is 0 Å². The highest BCUT2D eigenvalue weighted by Crippen LogP contribution is 2.24. The molecule has 0 radical (unpaired) electrons. The van der Waals surface area contributed by atoms with Crippen LogP contribution in [0.5, 0.6) is 0 Å². The maximum atomic E-state index is 13.4. The van der Waals surface area contributed by atoms with Gasteiger partial charge in [0.2, 0.25) is 0 Å². The van der Waals surface area contributed by atoms with Crippen LogP contribution in [0.3, 0.4) is 0 Å². The molecule has 6 nitrogen and oxygen atoms in total. The number of nitrogens with one attached hydrogen (secondary N) is 1. The fraction of sp³-hybridized carbons (Fsp3) is 0.400. The second-order valence-electron chi connectivity index (χ2n) is 3.83. The van der Waals surface area contributed by atoms with Crippen LogP contribution < -0.4 is 11.1 Å². The maximum Gasteiger partial charge on any atom is 0.275 e. The summed E-state index contributed by atoms with van der Waals surface area (Å²) in [6.07, 6.45) is -0.846. The predicted octanol–water partition coefficient (Wildman–Crippen LogP) is 0.993. The molecule has 18 heavy (non-hydrogen) atoms. The number of aliphatic hydroxyl groups excluding tert-OH is 1. The molecule has 0 heterocycles. The van der Waals surface area contributed by atoms with Crippen molar-refractivity contribution in [3.8, 4) is 0 Å². The molecule has 8 heteroatoms. The van der Waals surface area contributed by atoms with Gasteiger partial charge in [0, 0.05) is 12.6 Å². The van der Waals surface area contributed by atoms with E-state index in [1.54, 1.807) is 0 Å². The van der Waals surface area contributed by atoms with E-state index in [0.29, 0.717) is 12.1 Å². The second-order valence-corrected chi connectivity index (χ2v) is 3.83. The van der Waals surface area contributed by atoms with Gasteiger partial charge in [-0.15, -0.1) is 0 Å². The smallest absolute Gasteiger partial charge is 0.275 e. The van der Waals surface area contributed by atoms with E-state index in [9.17, 15) is 18.9 Å². The van der Waals surface area contributed by atoms with Crippen molar-refractivity contribution in [2.75, 3.05) is 11.9 Å². The van der Waals surface area contributed by atoms with Gasteiger partial charge in [-0.3, -0.25) is 10.1 Å². The molecule has 1 aromatic carbocycles. The van der Waals surface area contributed by atoms with E-state index < -0.39 is 40.1 Å². The number of nitro benzene ring substituents is 1.